The second kappa shape index (κ2) is 6.01. The molecule has 1 N–H and O–H groups in total. The van der Waals surface area contributed by atoms with Crippen molar-refractivity contribution < 1.29 is 13.2 Å². The highest BCUT2D eigenvalue weighted by atomic mass is 79.9. The predicted octanol–water partition coefficient (Wildman–Crippen LogP) is 1.83. The van der Waals surface area contributed by atoms with Crippen molar-refractivity contribution in [3.05, 3.63) is 22.7 Å². The highest BCUT2D eigenvalue weighted by molar-refractivity contribution is 9.10. The van der Waals surface area contributed by atoms with Gasteiger partial charge in [-0.2, -0.15) is 4.31 Å². The molecule has 1 aliphatic heterocycles. The lowest BCUT2D eigenvalue weighted by Gasteiger charge is -2.37. The third-order valence-electron chi connectivity index (χ3n) is 3.71. The number of sulfonamides is 1. The Bertz CT molecular complexity index is 591. The Hall–Kier alpha value is -0.630. The topological polar surface area (TPSA) is 58.6 Å². The van der Waals surface area contributed by atoms with Gasteiger partial charge in [0, 0.05) is 25.2 Å². The molecule has 20 heavy (non-hydrogen) atoms. The Labute approximate surface area is 128 Å². The number of methoxy groups -OCH3 is 1. The summed E-state index contributed by atoms with van der Waals surface area (Å²) in [5.74, 6) is 0.616. The average molecular weight is 363 g/mol. The number of nitrogens with one attached hydrogen (secondary N) is 1. The van der Waals surface area contributed by atoms with E-state index in [9.17, 15) is 8.42 Å². The average Bonchev–Trinajstić information content (AvgIpc) is 2.41. The van der Waals surface area contributed by atoms with Crippen LogP contribution in [0.25, 0.3) is 0 Å². The van der Waals surface area contributed by atoms with Crippen LogP contribution in [0.3, 0.4) is 0 Å². The molecule has 2 rings (SSSR count). The maximum absolute atomic E-state index is 12.7. The molecule has 112 valence electrons. The zero-order valence-electron chi connectivity index (χ0n) is 11.8. The molecule has 1 fully saturated rings. The van der Waals surface area contributed by atoms with Crippen LogP contribution in [0.2, 0.25) is 0 Å². The number of ether oxygens (including phenoxy) is 1. The van der Waals surface area contributed by atoms with Gasteiger partial charge in [0.05, 0.1) is 16.5 Å². The van der Waals surface area contributed by atoms with Crippen LogP contribution in [0.4, 0.5) is 0 Å². The molecule has 2 unspecified atom stereocenters. The Kier molecular flexibility index (Phi) is 4.73. The van der Waals surface area contributed by atoms with E-state index < -0.39 is 10.0 Å². The van der Waals surface area contributed by atoms with E-state index in [1.165, 1.54) is 0 Å². The Balaban J connectivity index is 2.37. The zero-order chi connectivity index (χ0) is 14.9. The van der Waals surface area contributed by atoms with E-state index in [0.717, 1.165) is 0 Å². The lowest BCUT2D eigenvalue weighted by Crippen LogP contribution is -2.57. The third-order valence-corrected chi connectivity index (χ3v) is 6.31. The van der Waals surface area contributed by atoms with Crippen LogP contribution in [-0.4, -0.2) is 45.0 Å². The van der Waals surface area contributed by atoms with Gasteiger partial charge in [-0.05, 0) is 48.0 Å². The normalized spacial score (nSPS) is 24.6. The Morgan fingerprint density at radius 3 is 2.70 bits per heavy atom. The smallest absolute Gasteiger partial charge is 0.243 e. The summed E-state index contributed by atoms with van der Waals surface area (Å²) in [5, 5.41) is 3.28. The Morgan fingerprint density at radius 2 is 2.10 bits per heavy atom. The zero-order valence-corrected chi connectivity index (χ0v) is 14.2. The molecule has 0 radical (unpaired) electrons. The van der Waals surface area contributed by atoms with E-state index in [0.29, 0.717) is 23.3 Å². The molecule has 1 saturated heterocycles. The minimum Gasteiger partial charge on any atom is -0.496 e. The molecule has 0 spiro atoms. The van der Waals surface area contributed by atoms with E-state index in [2.05, 4.69) is 21.2 Å². The van der Waals surface area contributed by atoms with Gasteiger partial charge >= 0.3 is 0 Å². The number of rotatable bonds is 3. The van der Waals surface area contributed by atoms with Gasteiger partial charge in [-0.3, -0.25) is 0 Å². The summed E-state index contributed by atoms with van der Waals surface area (Å²) in [6, 6.07) is 4.90. The molecular weight excluding hydrogens is 344 g/mol. The van der Waals surface area contributed by atoms with Crippen LogP contribution in [0.1, 0.15) is 13.8 Å². The van der Waals surface area contributed by atoms with Gasteiger partial charge in [-0.15, -0.1) is 0 Å². The van der Waals surface area contributed by atoms with E-state index in [4.69, 9.17) is 4.74 Å². The highest BCUT2D eigenvalue weighted by Crippen LogP contribution is 2.30. The van der Waals surface area contributed by atoms with Gasteiger partial charge in [0.1, 0.15) is 5.75 Å². The SMILES string of the molecule is COc1ccc(S(=O)(=O)N2CCNC(C)C2C)cc1Br. The molecule has 0 bridgehead atoms. The minimum atomic E-state index is -3.48. The van der Waals surface area contributed by atoms with E-state index in [1.54, 1.807) is 29.6 Å². The number of piperazine rings is 1. The first kappa shape index (κ1) is 15.8. The summed E-state index contributed by atoms with van der Waals surface area (Å²) in [6.45, 7) is 5.07. The van der Waals surface area contributed by atoms with Crippen LogP contribution < -0.4 is 10.1 Å². The maximum atomic E-state index is 12.7. The van der Waals surface area contributed by atoms with Crippen molar-refractivity contribution in [2.24, 2.45) is 0 Å². The molecule has 0 aliphatic carbocycles. The molecule has 2 atom stereocenters. The lowest BCUT2D eigenvalue weighted by atomic mass is 10.1. The summed E-state index contributed by atoms with van der Waals surface area (Å²) < 4.78 is 32.8. The molecule has 5 nitrogen and oxygen atoms in total. The van der Waals surface area contributed by atoms with E-state index >= 15 is 0 Å². The molecule has 1 aliphatic rings. The van der Waals surface area contributed by atoms with Crippen molar-refractivity contribution in [3.8, 4) is 5.75 Å². The van der Waals surface area contributed by atoms with Gasteiger partial charge in [0.15, 0.2) is 0 Å². The van der Waals surface area contributed by atoms with Gasteiger partial charge < -0.3 is 10.1 Å². The molecule has 1 aromatic carbocycles. The van der Waals surface area contributed by atoms with Crippen LogP contribution in [0.15, 0.2) is 27.6 Å². The number of nitrogens with zero attached hydrogens (tertiary/aromatic N) is 1. The van der Waals surface area contributed by atoms with E-state index in [1.807, 2.05) is 13.8 Å². The first-order chi connectivity index (χ1) is 9.37. The highest BCUT2D eigenvalue weighted by Gasteiger charge is 2.34. The van der Waals surface area contributed by atoms with Crippen molar-refractivity contribution in [1.82, 2.24) is 9.62 Å². The van der Waals surface area contributed by atoms with Crippen molar-refractivity contribution in [2.45, 2.75) is 30.8 Å². The fourth-order valence-electron chi connectivity index (χ4n) is 2.31. The monoisotopic (exact) mass is 362 g/mol. The number of hydrogen-bond acceptors (Lipinski definition) is 4. The predicted molar refractivity (Wildman–Crippen MR) is 81.5 cm³/mol. The fourth-order valence-corrected chi connectivity index (χ4v) is 4.73. The summed E-state index contributed by atoms with van der Waals surface area (Å²) in [5.41, 5.74) is 0. The van der Waals surface area contributed by atoms with Gasteiger partial charge in [-0.1, -0.05) is 0 Å². The Morgan fingerprint density at radius 1 is 1.40 bits per heavy atom. The summed E-state index contributed by atoms with van der Waals surface area (Å²) in [4.78, 5) is 0.283. The number of benzene rings is 1. The summed E-state index contributed by atoms with van der Waals surface area (Å²) in [7, 11) is -1.93. The van der Waals surface area contributed by atoms with Crippen molar-refractivity contribution in [3.63, 3.8) is 0 Å². The first-order valence-corrected chi connectivity index (χ1v) is 8.70. The van der Waals surface area contributed by atoms with Gasteiger partial charge in [0.25, 0.3) is 0 Å². The quantitative estimate of drug-likeness (QED) is 0.890. The number of hydrogen-bond donors (Lipinski definition) is 1. The largest absolute Gasteiger partial charge is 0.496 e. The van der Waals surface area contributed by atoms with E-state index in [-0.39, 0.29) is 17.0 Å². The second-order valence-corrected chi connectivity index (χ2v) is 7.64. The van der Waals surface area contributed by atoms with Crippen LogP contribution in [0.5, 0.6) is 5.75 Å². The number of halogens is 1. The molecule has 1 heterocycles. The van der Waals surface area contributed by atoms with Crippen molar-refractivity contribution >= 4 is 26.0 Å². The third kappa shape index (κ3) is 2.86. The maximum Gasteiger partial charge on any atom is 0.243 e. The molecule has 0 amide bonds. The summed E-state index contributed by atoms with van der Waals surface area (Å²) >= 11 is 3.33. The van der Waals surface area contributed by atoms with Crippen molar-refractivity contribution in [2.75, 3.05) is 20.2 Å². The van der Waals surface area contributed by atoms with Gasteiger partial charge in [0.2, 0.25) is 10.0 Å². The molecular formula is C13H19BrN2O3S. The minimum absolute atomic E-state index is 0.0744. The molecule has 0 aromatic heterocycles. The lowest BCUT2D eigenvalue weighted by molar-refractivity contribution is 0.233. The van der Waals surface area contributed by atoms with Gasteiger partial charge in [-0.25, -0.2) is 8.42 Å². The van der Waals surface area contributed by atoms with Crippen molar-refractivity contribution in [1.29, 1.82) is 0 Å². The standard InChI is InChI=1S/C13H19BrN2O3S/c1-9-10(2)16(7-6-15-9)20(17,18)11-4-5-13(19-3)12(14)8-11/h4-5,8-10,15H,6-7H2,1-3H3. The summed E-state index contributed by atoms with van der Waals surface area (Å²) in [6.07, 6.45) is 0. The first-order valence-electron chi connectivity index (χ1n) is 6.46. The molecule has 0 saturated carbocycles. The molecule has 7 heteroatoms. The van der Waals surface area contributed by atoms with Crippen LogP contribution in [-0.2, 0) is 10.0 Å². The van der Waals surface area contributed by atoms with Crippen LogP contribution >= 0.6 is 15.9 Å². The fraction of sp³-hybridized carbons (Fsp3) is 0.538. The van der Waals surface area contributed by atoms with Crippen LogP contribution in [0, 0.1) is 0 Å². The second-order valence-electron chi connectivity index (χ2n) is 4.90. The molecule has 1 aromatic rings.